The molecular weight excluding hydrogens is 268 g/mol. The third-order valence-corrected chi connectivity index (χ3v) is 3.49. The van der Waals surface area contributed by atoms with Crippen molar-refractivity contribution in [1.29, 1.82) is 0 Å². The second-order valence-electron chi connectivity index (χ2n) is 2.91. The van der Waals surface area contributed by atoms with E-state index in [-0.39, 0.29) is 0 Å². The van der Waals surface area contributed by atoms with Crippen molar-refractivity contribution < 1.29 is 0 Å². The second-order valence-corrected chi connectivity index (χ2v) is 5.01. The quantitative estimate of drug-likeness (QED) is 0.686. The summed E-state index contributed by atoms with van der Waals surface area (Å²) in [7, 11) is 0. The molecule has 0 aliphatic heterocycles. The Bertz CT molecular complexity index is 270. The molecule has 1 fully saturated rings. The molecule has 0 radical (unpaired) electrons. The summed E-state index contributed by atoms with van der Waals surface area (Å²) in [5, 5.41) is 0. The van der Waals surface area contributed by atoms with Crippen LogP contribution >= 0.6 is 31.9 Å². The van der Waals surface area contributed by atoms with Crippen LogP contribution in [0, 0.1) is 0 Å². The number of alkyl halides is 1. The summed E-state index contributed by atoms with van der Waals surface area (Å²) in [6.07, 6.45) is 1.29. The number of rotatable bonds is 1. The van der Waals surface area contributed by atoms with E-state index in [1.165, 1.54) is 16.5 Å². The molecule has 0 aromatic heterocycles. The molecule has 0 unspecified atom stereocenters. The molecule has 0 amide bonds. The SMILES string of the molecule is Brc1cccc([C@H]2C[C@H]2Br)c1. The zero-order valence-electron chi connectivity index (χ0n) is 5.93. The molecular formula is C9H8Br2. The van der Waals surface area contributed by atoms with E-state index in [2.05, 4.69) is 56.1 Å². The van der Waals surface area contributed by atoms with Crippen LogP contribution in [0.2, 0.25) is 0 Å². The van der Waals surface area contributed by atoms with Crippen molar-refractivity contribution in [2.75, 3.05) is 0 Å². The van der Waals surface area contributed by atoms with Gasteiger partial charge in [-0.1, -0.05) is 44.0 Å². The molecule has 0 bridgehead atoms. The summed E-state index contributed by atoms with van der Waals surface area (Å²) in [6, 6.07) is 8.55. The number of hydrogen-bond acceptors (Lipinski definition) is 0. The van der Waals surface area contributed by atoms with Crippen molar-refractivity contribution in [2.45, 2.75) is 17.2 Å². The third kappa shape index (κ3) is 1.67. The van der Waals surface area contributed by atoms with E-state index in [1.807, 2.05) is 0 Å². The minimum atomic E-state index is 0.719. The molecule has 0 N–H and O–H groups in total. The highest BCUT2D eigenvalue weighted by Crippen LogP contribution is 2.46. The van der Waals surface area contributed by atoms with Crippen LogP contribution in [-0.4, -0.2) is 4.83 Å². The third-order valence-electron chi connectivity index (χ3n) is 1.99. The minimum absolute atomic E-state index is 0.719. The van der Waals surface area contributed by atoms with Crippen molar-refractivity contribution in [3.8, 4) is 0 Å². The van der Waals surface area contributed by atoms with Crippen LogP contribution in [0.4, 0.5) is 0 Å². The molecule has 1 aromatic carbocycles. The molecule has 0 nitrogen and oxygen atoms in total. The molecule has 1 aromatic rings. The summed E-state index contributed by atoms with van der Waals surface area (Å²) in [4.78, 5) is 0.719. The Kier molecular flexibility index (Phi) is 2.06. The summed E-state index contributed by atoms with van der Waals surface area (Å²) in [5.74, 6) is 0.757. The molecule has 0 spiro atoms. The van der Waals surface area contributed by atoms with Crippen molar-refractivity contribution in [3.05, 3.63) is 34.3 Å². The average Bonchev–Trinajstić information content (AvgIpc) is 2.67. The van der Waals surface area contributed by atoms with Gasteiger partial charge in [0.15, 0.2) is 0 Å². The standard InChI is InChI=1S/C9H8Br2/c10-7-3-1-2-6(4-7)8-5-9(8)11/h1-4,8-9H,5H2/t8-,9-/m1/s1. The summed E-state index contributed by atoms with van der Waals surface area (Å²) < 4.78 is 1.18. The predicted octanol–water partition coefficient (Wildman–Crippen LogP) is 3.70. The van der Waals surface area contributed by atoms with E-state index in [0.29, 0.717) is 0 Å². The Morgan fingerprint density at radius 1 is 1.36 bits per heavy atom. The highest BCUT2D eigenvalue weighted by atomic mass is 79.9. The Labute approximate surface area is 83.3 Å². The van der Waals surface area contributed by atoms with Crippen molar-refractivity contribution in [1.82, 2.24) is 0 Å². The topological polar surface area (TPSA) is 0 Å². The summed E-state index contributed by atoms with van der Waals surface area (Å²) in [6.45, 7) is 0. The van der Waals surface area contributed by atoms with Gasteiger partial charge in [-0.15, -0.1) is 0 Å². The Morgan fingerprint density at radius 3 is 2.64 bits per heavy atom. The monoisotopic (exact) mass is 274 g/mol. The predicted molar refractivity (Wildman–Crippen MR) is 54.2 cm³/mol. The van der Waals surface area contributed by atoms with E-state index >= 15 is 0 Å². The first-order valence-corrected chi connectivity index (χ1v) is 5.38. The van der Waals surface area contributed by atoms with Crippen LogP contribution in [0.3, 0.4) is 0 Å². The van der Waals surface area contributed by atoms with Gasteiger partial charge in [0.25, 0.3) is 0 Å². The van der Waals surface area contributed by atoms with Crippen LogP contribution in [0.15, 0.2) is 28.7 Å². The number of hydrogen-bond donors (Lipinski definition) is 0. The van der Waals surface area contributed by atoms with Gasteiger partial charge in [-0.25, -0.2) is 0 Å². The lowest BCUT2D eigenvalue weighted by atomic mass is 10.1. The fourth-order valence-corrected chi connectivity index (χ4v) is 2.37. The summed E-state index contributed by atoms with van der Waals surface area (Å²) >= 11 is 7.06. The van der Waals surface area contributed by atoms with Crippen molar-refractivity contribution >= 4 is 31.9 Å². The number of benzene rings is 1. The lowest BCUT2D eigenvalue weighted by molar-refractivity contribution is 1.14. The largest absolute Gasteiger partial charge is 0.0884 e. The first kappa shape index (κ1) is 7.81. The molecule has 2 heteroatoms. The molecule has 0 saturated heterocycles. The van der Waals surface area contributed by atoms with E-state index in [4.69, 9.17) is 0 Å². The fourth-order valence-electron chi connectivity index (χ4n) is 1.25. The molecule has 2 rings (SSSR count). The maximum absolute atomic E-state index is 3.59. The normalized spacial score (nSPS) is 28.5. The van der Waals surface area contributed by atoms with Gasteiger partial charge >= 0.3 is 0 Å². The van der Waals surface area contributed by atoms with E-state index in [1.54, 1.807) is 0 Å². The van der Waals surface area contributed by atoms with E-state index < -0.39 is 0 Å². The highest BCUT2D eigenvalue weighted by molar-refractivity contribution is 9.10. The Balaban J connectivity index is 2.25. The van der Waals surface area contributed by atoms with Crippen LogP contribution < -0.4 is 0 Å². The second kappa shape index (κ2) is 2.91. The van der Waals surface area contributed by atoms with Gasteiger partial charge in [0.05, 0.1) is 0 Å². The van der Waals surface area contributed by atoms with Gasteiger partial charge in [0, 0.05) is 9.30 Å². The van der Waals surface area contributed by atoms with Crippen LogP contribution in [-0.2, 0) is 0 Å². The maximum Gasteiger partial charge on any atom is 0.0221 e. The molecule has 58 valence electrons. The first-order chi connectivity index (χ1) is 5.27. The van der Waals surface area contributed by atoms with Gasteiger partial charge in [-0.05, 0) is 30.0 Å². The molecule has 1 aliphatic rings. The van der Waals surface area contributed by atoms with Crippen molar-refractivity contribution in [3.63, 3.8) is 0 Å². The van der Waals surface area contributed by atoms with Crippen LogP contribution in [0.25, 0.3) is 0 Å². The maximum atomic E-state index is 3.59. The molecule has 11 heavy (non-hydrogen) atoms. The molecule has 1 saturated carbocycles. The minimum Gasteiger partial charge on any atom is -0.0884 e. The lowest BCUT2D eigenvalue weighted by Gasteiger charge is -1.97. The highest BCUT2D eigenvalue weighted by Gasteiger charge is 2.35. The van der Waals surface area contributed by atoms with Gasteiger partial charge in [0.1, 0.15) is 0 Å². The lowest BCUT2D eigenvalue weighted by Crippen LogP contribution is -1.80. The van der Waals surface area contributed by atoms with Gasteiger partial charge < -0.3 is 0 Å². The van der Waals surface area contributed by atoms with Crippen molar-refractivity contribution in [2.24, 2.45) is 0 Å². The van der Waals surface area contributed by atoms with Gasteiger partial charge in [0.2, 0.25) is 0 Å². The van der Waals surface area contributed by atoms with E-state index in [9.17, 15) is 0 Å². The Hall–Kier alpha value is 0.180. The van der Waals surface area contributed by atoms with E-state index in [0.717, 1.165) is 10.7 Å². The van der Waals surface area contributed by atoms with Crippen LogP contribution in [0.1, 0.15) is 17.9 Å². The number of halogens is 2. The molecule has 2 atom stereocenters. The molecule has 0 heterocycles. The zero-order valence-corrected chi connectivity index (χ0v) is 9.10. The summed E-state index contributed by atoms with van der Waals surface area (Å²) in [5.41, 5.74) is 1.45. The zero-order chi connectivity index (χ0) is 7.84. The van der Waals surface area contributed by atoms with Crippen LogP contribution in [0.5, 0.6) is 0 Å². The average molecular weight is 276 g/mol. The smallest absolute Gasteiger partial charge is 0.0221 e. The Morgan fingerprint density at radius 2 is 2.09 bits per heavy atom. The molecule has 1 aliphatic carbocycles. The van der Waals surface area contributed by atoms with Gasteiger partial charge in [-0.2, -0.15) is 0 Å². The van der Waals surface area contributed by atoms with Gasteiger partial charge in [-0.3, -0.25) is 0 Å². The fraction of sp³-hybridized carbons (Fsp3) is 0.333. The first-order valence-electron chi connectivity index (χ1n) is 3.67.